The second-order valence-electron chi connectivity index (χ2n) is 6.12. The lowest BCUT2D eigenvalue weighted by atomic mass is 10.0. The predicted octanol–water partition coefficient (Wildman–Crippen LogP) is 3.22. The van der Waals surface area contributed by atoms with Crippen LogP contribution in [0.4, 0.5) is 0 Å². The zero-order chi connectivity index (χ0) is 17.5. The molecule has 5 nitrogen and oxygen atoms in total. The minimum absolute atomic E-state index is 0.107. The monoisotopic (exact) mass is 337 g/mol. The summed E-state index contributed by atoms with van der Waals surface area (Å²) >= 11 is 0. The third kappa shape index (κ3) is 4.75. The highest BCUT2D eigenvalue weighted by Crippen LogP contribution is 2.24. The van der Waals surface area contributed by atoms with Gasteiger partial charge in [0.25, 0.3) is 0 Å². The van der Waals surface area contributed by atoms with Gasteiger partial charge in [0.1, 0.15) is 0 Å². The van der Waals surface area contributed by atoms with Crippen LogP contribution in [0, 0.1) is 0 Å². The largest absolute Gasteiger partial charge is 0.396 e. The summed E-state index contributed by atoms with van der Waals surface area (Å²) in [5, 5.41) is 13.5. The smallest absolute Gasteiger partial charge is 0.240 e. The van der Waals surface area contributed by atoms with E-state index in [-0.39, 0.29) is 12.6 Å². The number of aliphatic hydroxyl groups excluding tert-OH is 1. The van der Waals surface area contributed by atoms with Crippen molar-refractivity contribution in [2.24, 2.45) is 0 Å². The van der Waals surface area contributed by atoms with Gasteiger partial charge in [0.2, 0.25) is 5.89 Å². The van der Waals surface area contributed by atoms with Gasteiger partial charge in [-0.1, -0.05) is 65.8 Å². The topological polar surface area (TPSA) is 62.4 Å². The summed E-state index contributed by atoms with van der Waals surface area (Å²) in [5.41, 5.74) is 2.33. The van der Waals surface area contributed by atoms with E-state index in [1.54, 1.807) is 0 Å². The van der Waals surface area contributed by atoms with Crippen LogP contribution in [0.3, 0.4) is 0 Å². The molecule has 2 aromatic carbocycles. The molecule has 1 heterocycles. The molecule has 0 aliphatic rings. The highest BCUT2D eigenvalue weighted by atomic mass is 16.5. The SMILES string of the molecule is CN(Cc1nc(Cc2ccccc2)no1)C(CCO)c1ccccc1. The van der Waals surface area contributed by atoms with Crippen LogP contribution in [0.2, 0.25) is 0 Å². The molecule has 0 aliphatic carbocycles. The summed E-state index contributed by atoms with van der Waals surface area (Å²) in [6.45, 7) is 0.675. The number of aliphatic hydroxyl groups is 1. The number of rotatable bonds is 8. The minimum Gasteiger partial charge on any atom is -0.396 e. The van der Waals surface area contributed by atoms with Crippen LogP contribution in [0.5, 0.6) is 0 Å². The van der Waals surface area contributed by atoms with Crippen LogP contribution in [0.25, 0.3) is 0 Å². The van der Waals surface area contributed by atoms with E-state index in [0.29, 0.717) is 31.1 Å². The van der Waals surface area contributed by atoms with E-state index >= 15 is 0 Å². The van der Waals surface area contributed by atoms with Crippen LogP contribution in [-0.2, 0) is 13.0 Å². The maximum atomic E-state index is 9.40. The molecule has 1 atom stereocenters. The normalized spacial score (nSPS) is 12.4. The quantitative estimate of drug-likeness (QED) is 0.684. The Hall–Kier alpha value is -2.50. The van der Waals surface area contributed by atoms with E-state index in [1.807, 2.05) is 43.4 Å². The average Bonchev–Trinajstić information content (AvgIpc) is 3.08. The number of nitrogens with zero attached hydrogens (tertiary/aromatic N) is 3. The fourth-order valence-corrected chi connectivity index (χ4v) is 2.97. The Morgan fingerprint density at radius 2 is 1.72 bits per heavy atom. The van der Waals surface area contributed by atoms with E-state index in [4.69, 9.17) is 4.52 Å². The van der Waals surface area contributed by atoms with E-state index in [1.165, 1.54) is 5.56 Å². The third-order valence-electron chi connectivity index (χ3n) is 4.22. The lowest BCUT2D eigenvalue weighted by Gasteiger charge is -2.26. The number of benzene rings is 2. The van der Waals surface area contributed by atoms with Crippen molar-refractivity contribution in [2.75, 3.05) is 13.7 Å². The molecule has 0 saturated carbocycles. The highest BCUT2D eigenvalue weighted by Gasteiger charge is 2.19. The van der Waals surface area contributed by atoms with Crippen molar-refractivity contribution in [2.45, 2.75) is 25.4 Å². The van der Waals surface area contributed by atoms with Crippen LogP contribution < -0.4 is 0 Å². The molecule has 0 bridgehead atoms. The molecule has 1 aromatic heterocycles. The van der Waals surface area contributed by atoms with Crippen molar-refractivity contribution in [3.05, 3.63) is 83.5 Å². The molecule has 0 aliphatic heterocycles. The van der Waals surface area contributed by atoms with Crippen molar-refractivity contribution in [3.8, 4) is 0 Å². The van der Waals surface area contributed by atoms with Gasteiger partial charge < -0.3 is 9.63 Å². The van der Waals surface area contributed by atoms with Crippen LogP contribution in [-0.4, -0.2) is 33.8 Å². The molecule has 1 unspecified atom stereocenters. The fourth-order valence-electron chi connectivity index (χ4n) is 2.97. The van der Waals surface area contributed by atoms with E-state index < -0.39 is 0 Å². The molecule has 0 amide bonds. The van der Waals surface area contributed by atoms with Gasteiger partial charge in [0.15, 0.2) is 5.82 Å². The molecule has 3 rings (SSSR count). The van der Waals surface area contributed by atoms with Gasteiger partial charge >= 0.3 is 0 Å². The van der Waals surface area contributed by atoms with Crippen LogP contribution in [0.1, 0.15) is 35.3 Å². The van der Waals surface area contributed by atoms with Gasteiger partial charge in [-0.05, 0) is 24.6 Å². The lowest BCUT2D eigenvalue weighted by molar-refractivity contribution is 0.164. The van der Waals surface area contributed by atoms with Gasteiger partial charge in [0, 0.05) is 19.1 Å². The Morgan fingerprint density at radius 1 is 1.04 bits per heavy atom. The predicted molar refractivity (Wildman–Crippen MR) is 95.9 cm³/mol. The molecular weight excluding hydrogens is 314 g/mol. The lowest BCUT2D eigenvalue weighted by Crippen LogP contribution is -2.25. The molecule has 0 radical (unpaired) electrons. The number of hydrogen-bond donors (Lipinski definition) is 1. The fraction of sp³-hybridized carbons (Fsp3) is 0.300. The first-order valence-electron chi connectivity index (χ1n) is 8.47. The third-order valence-corrected chi connectivity index (χ3v) is 4.22. The van der Waals surface area contributed by atoms with E-state index in [9.17, 15) is 5.11 Å². The van der Waals surface area contributed by atoms with Crippen molar-refractivity contribution >= 4 is 0 Å². The van der Waals surface area contributed by atoms with Gasteiger partial charge in [-0.25, -0.2) is 0 Å². The second kappa shape index (κ2) is 8.55. The van der Waals surface area contributed by atoms with Crippen molar-refractivity contribution < 1.29 is 9.63 Å². The second-order valence-corrected chi connectivity index (χ2v) is 6.12. The number of aromatic nitrogens is 2. The summed E-state index contributed by atoms with van der Waals surface area (Å²) in [5.74, 6) is 1.28. The Morgan fingerprint density at radius 3 is 2.40 bits per heavy atom. The molecule has 25 heavy (non-hydrogen) atoms. The van der Waals surface area contributed by atoms with Gasteiger partial charge in [0.05, 0.1) is 6.54 Å². The summed E-state index contributed by atoms with van der Waals surface area (Å²) in [6, 6.07) is 20.4. The highest BCUT2D eigenvalue weighted by molar-refractivity contribution is 5.20. The van der Waals surface area contributed by atoms with Gasteiger partial charge in [-0.2, -0.15) is 4.98 Å². The first kappa shape index (κ1) is 17.3. The molecule has 1 N–H and O–H groups in total. The summed E-state index contributed by atoms with van der Waals surface area (Å²) in [7, 11) is 2.01. The van der Waals surface area contributed by atoms with Gasteiger partial charge in [-0.3, -0.25) is 4.90 Å². The Kier molecular flexibility index (Phi) is 5.93. The first-order chi connectivity index (χ1) is 12.3. The minimum atomic E-state index is 0.107. The van der Waals surface area contributed by atoms with E-state index in [2.05, 4.69) is 39.3 Å². The van der Waals surface area contributed by atoms with Gasteiger partial charge in [-0.15, -0.1) is 0 Å². The summed E-state index contributed by atoms with van der Waals surface area (Å²) in [4.78, 5) is 6.63. The van der Waals surface area contributed by atoms with E-state index in [0.717, 1.165) is 5.56 Å². The maximum Gasteiger partial charge on any atom is 0.240 e. The molecule has 0 fully saturated rings. The Balaban J connectivity index is 1.66. The maximum absolute atomic E-state index is 9.40. The summed E-state index contributed by atoms with van der Waals surface area (Å²) < 4.78 is 5.41. The first-order valence-corrected chi connectivity index (χ1v) is 8.47. The molecule has 0 spiro atoms. The molecular formula is C20H23N3O2. The molecule has 5 heteroatoms. The zero-order valence-electron chi connectivity index (χ0n) is 14.4. The van der Waals surface area contributed by atoms with Crippen molar-refractivity contribution in [1.82, 2.24) is 15.0 Å². The average molecular weight is 337 g/mol. The number of hydrogen-bond acceptors (Lipinski definition) is 5. The summed E-state index contributed by atoms with van der Waals surface area (Å²) in [6.07, 6.45) is 1.32. The Labute approximate surface area is 147 Å². The van der Waals surface area contributed by atoms with Crippen molar-refractivity contribution in [3.63, 3.8) is 0 Å². The zero-order valence-corrected chi connectivity index (χ0v) is 14.4. The molecule has 3 aromatic rings. The van der Waals surface area contributed by atoms with Crippen LogP contribution >= 0.6 is 0 Å². The van der Waals surface area contributed by atoms with Crippen molar-refractivity contribution in [1.29, 1.82) is 0 Å². The molecule has 0 saturated heterocycles. The Bertz CT molecular complexity index is 759. The molecule has 130 valence electrons. The van der Waals surface area contributed by atoms with Crippen LogP contribution in [0.15, 0.2) is 65.2 Å². The standard InChI is InChI=1S/C20H23N3O2/c1-23(18(12-13-24)17-10-6-3-7-11-17)15-20-21-19(22-25-20)14-16-8-4-2-5-9-16/h2-11,18,24H,12-15H2,1H3.